The van der Waals surface area contributed by atoms with Crippen LogP contribution in [0.2, 0.25) is 0 Å². The number of ether oxygens (including phenoxy) is 1. The summed E-state index contributed by atoms with van der Waals surface area (Å²) in [5.41, 5.74) is 0. The third kappa shape index (κ3) is 14.4. The molecule has 0 aromatic rings. The maximum Gasteiger partial charge on any atom is 0.309 e. The van der Waals surface area contributed by atoms with Gasteiger partial charge in [-0.1, -0.05) is 96.1 Å². The summed E-state index contributed by atoms with van der Waals surface area (Å²) in [4.78, 5) is 23.5. The maximum absolute atomic E-state index is 12.2. The number of carbonyl (C=O) groups is 2. The Morgan fingerprint density at radius 3 is 1.77 bits per heavy atom. The van der Waals surface area contributed by atoms with E-state index in [0.29, 0.717) is 19.4 Å². The third-order valence-electron chi connectivity index (χ3n) is 6.54. The average molecular weight is 437 g/mol. The van der Waals surface area contributed by atoms with Gasteiger partial charge in [-0.25, -0.2) is 0 Å². The Bertz CT molecular complexity index is 486. The van der Waals surface area contributed by atoms with Crippen LogP contribution in [-0.4, -0.2) is 23.7 Å². The van der Waals surface area contributed by atoms with E-state index in [-0.39, 0.29) is 5.97 Å². The molecule has 0 aliphatic heterocycles. The molecule has 0 aromatic carbocycles. The van der Waals surface area contributed by atoms with Gasteiger partial charge in [0.15, 0.2) is 0 Å². The summed E-state index contributed by atoms with van der Waals surface area (Å²) in [7, 11) is 0. The zero-order valence-corrected chi connectivity index (χ0v) is 20.1. The van der Waals surface area contributed by atoms with E-state index in [2.05, 4.69) is 19.1 Å². The van der Waals surface area contributed by atoms with Gasteiger partial charge < -0.3 is 9.84 Å². The number of rotatable bonds is 19. The van der Waals surface area contributed by atoms with Crippen molar-refractivity contribution >= 4 is 11.9 Å². The Morgan fingerprint density at radius 2 is 1.23 bits per heavy atom. The highest BCUT2D eigenvalue weighted by Crippen LogP contribution is 2.31. The lowest BCUT2D eigenvalue weighted by molar-refractivity contribution is -0.159. The SMILES string of the molecule is CCCCC/C=C/CCCCCCCCCCCCOC(=O)C1CCCCC1C(=O)O. The van der Waals surface area contributed by atoms with Crippen LogP contribution in [0.5, 0.6) is 0 Å². The zero-order valence-electron chi connectivity index (χ0n) is 20.1. The first-order chi connectivity index (χ1) is 15.2. The quantitative estimate of drug-likeness (QED) is 0.127. The molecule has 180 valence electrons. The number of carboxylic acids is 1. The van der Waals surface area contributed by atoms with Gasteiger partial charge in [-0.15, -0.1) is 0 Å². The van der Waals surface area contributed by atoms with Crippen LogP contribution in [0, 0.1) is 11.8 Å². The lowest BCUT2D eigenvalue weighted by Crippen LogP contribution is -2.33. The fraction of sp³-hybridized carbons (Fsp3) is 0.852. The first-order valence-corrected chi connectivity index (χ1v) is 13.2. The molecule has 0 saturated heterocycles. The van der Waals surface area contributed by atoms with Crippen molar-refractivity contribution < 1.29 is 19.4 Å². The second-order valence-electron chi connectivity index (χ2n) is 9.29. The number of hydrogen-bond acceptors (Lipinski definition) is 3. The predicted octanol–water partition coefficient (Wildman–Crippen LogP) is 7.85. The van der Waals surface area contributed by atoms with E-state index < -0.39 is 17.8 Å². The summed E-state index contributed by atoms with van der Waals surface area (Å²) in [6.07, 6.45) is 26.8. The molecule has 31 heavy (non-hydrogen) atoms. The lowest BCUT2D eigenvalue weighted by atomic mass is 9.79. The molecule has 2 atom stereocenters. The van der Waals surface area contributed by atoms with E-state index in [9.17, 15) is 14.7 Å². The molecule has 1 rings (SSSR count). The van der Waals surface area contributed by atoms with Crippen LogP contribution in [0.25, 0.3) is 0 Å². The van der Waals surface area contributed by atoms with Crippen LogP contribution in [-0.2, 0) is 14.3 Å². The molecular weight excluding hydrogens is 388 g/mol. The minimum atomic E-state index is -0.851. The normalized spacial score (nSPS) is 19.0. The van der Waals surface area contributed by atoms with E-state index in [1.54, 1.807) is 0 Å². The second kappa shape index (κ2) is 19.4. The van der Waals surface area contributed by atoms with Gasteiger partial charge in [0.25, 0.3) is 0 Å². The molecule has 1 saturated carbocycles. The Labute approximate surface area is 191 Å². The van der Waals surface area contributed by atoms with Crippen LogP contribution in [0.1, 0.15) is 129 Å². The second-order valence-corrected chi connectivity index (χ2v) is 9.29. The Hall–Kier alpha value is -1.32. The molecule has 1 aliphatic rings. The van der Waals surface area contributed by atoms with Gasteiger partial charge >= 0.3 is 11.9 Å². The largest absolute Gasteiger partial charge is 0.481 e. The van der Waals surface area contributed by atoms with Crippen LogP contribution in [0.15, 0.2) is 12.2 Å². The van der Waals surface area contributed by atoms with Crippen molar-refractivity contribution in [2.24, 2.45) is 11.8 Å². The van der Waals surface area contributed by atoms with E-state index in [0.717, 1.165) is 25.7 Å². The molecule has 0 bridgehead atoms. The van der Waals surface area contributed by atoms with Gasteiger partial charge in [0.2, 0.25) is 0 Å². The van der Waals surface area contributed by atoms with Crippen LogP contribution in [0.3, 0.4) is 0 Å². The molecule has 1 aliphatic carbocycles. The van der Waals surface area contributed by atoms with Crippen molar-refractivity contribution in [3.8, 4) is 0 Å². The van der Waals surface area contributed by atoms with Crippen molar-refractivity contribution in [2.45, 2.75) is 129 Å². The number of carboxylic acid groups (broad SMARTS) is 1. The van der Waals surface area contributed by atoms with Crippen LogP contribution in [0.4, 0.5) is 0 Å². The molecule has 2 unspecified atom stereocenters. The molecule has 1 fully saturated rings. The number of carbonyl (C=O) groups excluding carboxylic acids is 1. The van der Waals surface area contributed by atoms with Crippen molar-refractivity contribution in [3.05, 3.63) is 12.2 Å². The van der Waals surface area contributed by atoms with Crippen molar-refractivity contribution in [3.63, 3.8) is 0 Å². The standard InChI is InChI=1S/C27H48O4/c1-2-3-4-5-6-7-8-9-10-11-12-13-14-15-16-17-20-23-31-27(30)25-22-19-18-21-24(25)26(28)29/h6-7,24-25H,2-5,8-23H2,1H3,(H,28,29)/b7-6+. The van der Waals surface area contributed by atoms with Crippen molar-refractivity contribution in [1.82, 2.24) is 0 Å². The maximum atomic E-state index is 12.2. The minimum Gasteiger partial charge on any atom is -0.481 e. The number of allylic oxidation sites excluding steroid dienone is 2. The third-order valence-corrected chi connectivity index (χ3v) is 6.54. The molecule has 0 heterocycles. The fourth-order valence-corrected chi connectivity index (χ4v) is 4.51. The first kappa shape index (κ1) is 27.7. The highest BCUT2D eigenvalue weighted by atomic mass is 16.5. The van der Waals surface area contributed by atoms with E-state index in [1.807, 2.05) is 0 Å². The summed E-state index contributed by atoms with van der Waals surface area (Å²) in [6, 6.07) is 0. The van der Waals surface area contributed by atoms with Gasteiger partial charge in [-0.2, -0.15) is 0 Å². The van der Waals surface area contributed by atoms with Crippen LogP contribution < -0.4 is 0 Å². The average Bonchev–Trinajstić information content (AvgIpc) is 2.78. The van der Waals surface area contributed by atoms with Crippen molar-refractivity contribution in [1.29, 1.82) is 0 Å². The van der Waals surface area contributed by atoms with Crippen LogP contribution >= 0.6 is 0 Å². The number of aliphatic carboxylic acids is 1. The molecule has 1 N–H and O–H groups in total. The molecule has 4 nitrogen and oxygen atoms in total. The fourth-order valence-electron chi connectivity index (χ4n) is 4.51. The lowest BCUT2D eigenvalue weighted by Gasteiger charge is -2.26. The topological polar surface area (TPSA) is 63.6 Å². The van der Waals surface area contributed by atoms with E-state index in [4.69, 9.17) is 4.74 Å². The van der Waals surface area contributed by atoms with Gasteiger partial charge in [-0.05, 0) is 44.9 Å². The summed E-state index contributed by atoms with van der Waals surface area (Å²) in [5, 5.41) is 9.27. The number of hydrogen-bond donors (Lipinski definition) is 1. The highest BCUT2D eigenvalue weighted by Gasteiger charge is 2.36. The van der Waals surface area contributed by atoms with Gasteiger partial charge in [0.1, 0.15) is 0 Å². The van der Waals surface area contributed by atoms with E-state index >= 15 is 0 Å². The molecule has 0 amide bonds. The number of unbranched alkanes of at least 4 members (excludes halogenated alkanes) is 13. The molecule has 0 radical (unpaired) electrons. The smallest absolute Gasteiger partial charge is 0.309 e. The predicted molar refractivity (Wildman–Crippen MR) is 128 cm³/mol. The van der Waals surface area contributed by atoms with Gasteiger partial charge in [0, 0.05) is 0 Å². The monoisotopic (exact) mass is 436 g/mol. The summed E-state index contributed by atoms with van der Waals surface area (Å²) in [5.74, 6) is -2.13. The minimum absolute atomic E-state index is 0.293. The molecule has 4 heteroatoms. The Balaban J connectivity index is 1.85. The zero-order chi connectivity index (χ0) is 22.6. The van der Waals surface area contributed by atoms with Crippen molar-refractivity contribution in [2.75, 3.05) is 6.61 Å². The Morgan fingerprint density at radius 1 is 0.742 bits per heavy atom. The molecule has 0 spiro atoms. The summed E-state index contributed by atoms with van der Waals surface area (Å²) < 4.78 is 5.38. The van der Waals surface area contributed by atoms with Gasteiger partial charge in [-0.3, -0.25) is 9.59 Å². The summed E-state index contributed by atoms with van der Waals surface area (Å²) in [6.45, 7) is 2.69. The summed E-state index contributed by atoms with van der Waals surface area (Å²) >= 11 is 0. The number of esters is 1. The molecular formula is C27H48O4. The highest BCUT2D eigenvalue weighted by molar-refractivity contribution is 5.81. The van der Waals surface area contributed by atoms with E-state index in [1.165, 1.54) is 83.5 Å². The first-order valence-electron chi connectivity index (χ1n) is 13.2. The molecule has 0 aromatic heterocycles. The van der Waals surface area contributed by atoms with Gasteiger partial charge in [0.05, 0.1) is 18.4 Å². The Kier molecular flexibility index (Phi) is 17.3.